The lowest BCUT2D eigenvalue weighted by atomic mass is 9.94. The van der Waals surface area contributed by atoms with E-state index >= 15 is 0 Å². The lowest BCUT2D eigenvalue weighted by molar-refractivity contribution is -0.143. The molecular formula is C26H31N3O4. The molecule has 2 N–H and O–H groups in total. The number of amides is 3. The Kier molecular flexibility index (Phi) is 7.87. The van der Waals surface area contributed by atoms with Crippen molar-refractivity contribution in [2.24, 2.45) is 0 Å². The first-order valence-corrected chi connectivity index (χ1v) is 11.3. The van der Waals surface area contributed by atoms with E-state index in [0.29, 0.717) is 34.6 Å². The van der Waals surface area contributed by atoms with Gasteiger partial charge in [-0.3, -0.25) is 9.69 Å². The molecule has 33 heavy (non-hydrogen) atoms. The summed E-state index contributed by atoms with van der Waals surface area (Å²) in [5.41, 5.74) is 2.77. The summed E-state index contributed by atoms with van der Waals surface area (Å²) in [6.07, 6.45) is 1.45. The van der Waals surface area contributed by atoms with Gasteiger partial charge in [0.2, 0.25) is 0 Å². The van der Waals surface area contributed by atoms with Crippen molar-refractivity contribution in [1.29, 1.82) is 0 Å². The number of nitrogens with one attached hydrogen (secondary N) is 2. The fraction of sp³-hybridized carbons (Fsp3) is 0.346. The summed E-state index contributed by atoms with van der Waals surface area (Å²) in [7, 11) is 0. The molecule has 7 nitrogen and oxygen atoms in total. The zero-order chi connectivity index (χ0) is 24.0. The van der Waals surface area contributed by atoms with E-state index in [-0.39, 0.29) is 18.0 Å². The summed E-state index contributed by atoms with van der Waals surface area (Å²) in [5, 5.41) is 5.83. The number of nitrogens with zero attached hydrogens (tertiary/aromatic N) is 1. The topological polar surface area (TPSA) is 87.7 Å². The molecule has 0 radical (unpaired) electrons. The SMILES string of the molecule is CCCCN1C(=O)NC(c2cccc(NC(=O)c3ccccc3)c2)C(C(=O)OC(C)C)=C1C. The van der Waals surface area contributed by atoms with E-state index in [4.69, 9.17) is 4.74 Å². The second-order valence-corrected chi connectivity index (χ2v) is 8.29. The molecule has 0 aromatic heterocycles. The Labute approximate surface area is 194 Å². The highest BCUT2D eigenvalue weighted by atomic mass is 16.5. The number of unbranched alkanes of at least 4 members (excludes halogenated alkanes) is 1. The summed E-state index contributed by atoms with van der Waals surface area (Å²) in [4.78, 5) is 40.1. The maximum Gasteiger partial charge on any atom is 0.338 e. The van der Waals surface area contributed by atoms with Gasteiger partial charge < -0.3 is 15.4 Å². The number of anilines is 1. The molecule has 3 amide bonds. The first-order valence-electron chi connectivity index (χ1n) is 11.3. The van der Waals surface area contributed by atoms with Crippen LogP contribution in [-0.4, -0.2) is 35.5 Å². The molecule has 7 heteroatoms. The molecule has 174 valence electrons. The molecule has 0 saturated carbocycles. The Morgan fingerprint density at radius 2 is 1.85 bits per heavy atom. The summed E-state index contributed by atoms with van der Waals surface area (Å²) >= 11 is 0. The third-order valence-electron chi connectivity index (χ3n) is 5.41. The van der Waals surface area contributed by atoms with Crippen LogP contribution in [0, 0.1) is 0 Å². The average molecular weight is 450 g/mol. The number of hydrogen-bond donors (Lipinski definition) is 2. The predicted octanol–water partition coefficient (Wildman–Crippen LogP) is 5.03. The number of esters is 1. The molecule has 0 spiro atoms. The molecule has 0 fully saturated rings. The van der Waals surface area contributed by atoms with Gasteiger partial charge >= 0.3 is 12.0 Å². The number of ether oxygens (including phenoxy) is 1. The number of carbonyl (C=O) groups is 3. The minimum Gasteiger partial charge on any atom is -0.459 e. The van der Waals surface area contributed by atoms with Gasteiger partial charge in [-0.15, -0.1) is 0 Å². The smallest absolute Gasteiger partial charge is 0.338 e. The van der Waals surface area contributed by atoms with Gasteiger partial charge in [-0.25, -0.2) is 9.59 Å². The lowest BCUT2D eigenvalue weighted by Crippen LogP contribution is -2.48. The average Bonchev–Trinajstić information content (AvgIpc) is 2.78. The van der Waals surface area contributed by atoms with Crippen molar-refractivity contribution in [2.75, 3.05) is 11.9 Å². The molecule has 2 aromatic carbocycles. The van der Waals surface area contributed by atoms with E-state index in [1.165, 1.54) is 0 Å². The zero-order valence-electron chi connectivity index (χ0n) is 19.6. The Bertz CT molecular complexity index is 1050. The van der Waals surface area contributed by atoms with Crippen molar-refractivity contribution in [3.63, 3.8) is 0 Å². The highest BCUT2D eigenvalue weighted by molar-refractivity contribution is 6.04. The standard InChI is InChI=1S/C26H31N3O4/c1-5-6-15-29-18(4)22(25(31)33-17(2)3)23(28-26(29)32)20-13-10-14-21(16-20)27-24(30)19-11-8-7-9-12-19/h7-14,16-17,23H,5-6,15H2,1-4H3,(H,27,30)(H,28,32). The van der Waals surface area contributed by atoms with Crippen LogP contribution in [0.2, 0.25) is 0 Å². The Balaban J connectivity index is 1.94. The van der Waals surface area contributed by atoms with Gasteiger partial charge in [-0.2, -0.15) is 0 Å². The molecule has 0 saturated heterocycles. The number of benzene rings is 2. The molecule has 1 aliphatic heterocycles. The first-order chi connectivity index (χ1) is 15.8. The molecule has 0 aliphatic carbocycles. The molecule has 1 atom stereocenters. The van der Waals surface area contributed by atoms with Crippen LogP contribution in [0.1, 0.15) is 62.5 Å². The molecule has 1 aliphatic rings. The van der Waals surface area contributed by atoms with Crippen molar-refractivity contribution < 1.29 is 19.1 Å². The van der Waals surface area contributed by atoms with Crippen LogP contribution in [0.5, 0.6) is 0 Å². The minimum absolute atomic E-state index is 0.239. The maximum atomic E-state index is 13.0. The molecule has 0 bridgehead atoms. The summed E-state index contributed by atoms with van der Waals surface area (Å²) in [5.74, 6) is -0.704. The van der Waals surface area contributed by atoms with E-state index in [2.05, 4.69) is 10.6 Å². The highest BCUT2D eigenvalue weighted by Crippen LogP contribution is 2.33. The molecule has 3 rings (SSSR count). The van der Waals surface area contributed by atoms with Crippen LogP contribution in [0.25, 0.3) is 0 Å². The summed E-state index contributed by atoms with van der Waals surface area (Å²) in [6, 6.07) is 15.1. The Morgan fingerprint density at radius 3 is 2.52 bits per heavy atom. The third kappa shape index (κ3) is 5.80. The van der Waals surface area contributed by atoms with Crippen LogP contribution in [0.3, 0.4) is 0 Å². The lowest BCUT2D eigenvalue weighted by Gasteiger charge is -2.35. The van der Waals surface area contributed by atoms with E-state index in [1.807, 2.05) is 19.1 Å². The third-order valence-corrected chi connectivity index (χ3v) is 5.41. The van der Waals surface area contributed by atoms with Crippen molar-refractivity contribution >= 4 is 23.6 Å². The van der Waals surface area contributed by atoms with Gasteiger partial charge in [-0.1, -0.05) is 43.7 Å². The van der Waals surface area contributed by atoms with Gasteiger partial charge in [0.1, 0.15) is 0 Å². The minimum atomic E-state index is -0.685. The second-order valence-electron chi connectivity index (χ2n) is 8.29. The number of hydrogen-bond acceptors (Lipinski definition) is 4. The predicted molar refractivity (Wildman–Crippen MR) is 128 cm³/mol. The largest absolute Gasteiger partial charge is 0.459 e. The fourth-order valence-electron chi connectivity index (χ4n) is 3.75. The van der Waals surface area contributed by atoms with Crippen molar-refractivity contribution in [3.05, 3.63) is 77.0 Å². The highest BCUT2D eigenvalue weighted by Gasteiger charge is 2.36. The van der Waals surface area contributed by atoms with Crippen molar-refractivity contribution in [3.8, 4) is 0 Å². The van der Waals surface area contributed by atoms with E-state index in [1.54, 1.807) is 68.1 Å². The van der Waals surface area contributed by atoms with Gasteiger partial charge in [0.05, 0.1) is 17.7 Å². The summed E-state index contributed by atoms with van der Waals surface area (Å²) < 4.78 is 5.51. The van der Waals surface area contributed by atoms with Gasteiger partial charge in [-0.05, 0) is 57.0 Å². The second kappa shape index (κ2) is 10.8. The van der Waals surface area contributed by atoms with Crippen LogP contribution in [0.15, 0.2) is 65.9 Å². The van der Waals surface area contributed by atoms with Gasteiger partial charge in [0.25, 0.3) is 5.91 Å². The Hall–Kier alpha value is -3.61. The van der Waals surface area contributed by atoms with E-state index < -0.39 is 12.0 Å². The van der Waals surface area contributed by atoms with Gasteiger partial charge in [0.15, 0.2) is 0 Å². The quantitative estimate of drug-likeness (QED) is 0.553. The van der Waals surface area contributed by atoms with E-state index in [9.17, 15) is 14.4 Å². The van der Waals surface area contributed by atoms with Crippen LogP contribution < -0.4 is 10.6 Å². The van der Waals surface area contributed by atoms with Crippen LogP contribution in [0.4, 0.5) is 10.5 Å². The van der Waals surface area contributed by atoms with Crippen molar-refractivity contribution in [1.82, 2.24) is 10.2 Å². The monoisotopic (exact) mass is 449 g/mol. The molecule has 1 unspecified atom stereocenters. The van der Waals surface area contributed by atoms with Crippen LogP contribution in [-0.2, 0) is 9.53 Å². The van der Waals surface area contributed by atoms with E-state index in [0.717, 1.165) is 12.8 Å². The zero-order valence-corrected chi connectivity index (χ0v) is 19.6. The normalized spacial score (nSPS) is 16.0. The first kappa shape index (κ1) is 24.0. The summed E-state index contributed by atoms with van der Waals surface area (Å²) in [6.45, 7) is 7.93. The fourth-order valence-corrected chi connectivity index (χ4v) is 3.75. The number of urea groups is 1. The molecular weight excluding hydrogens is 418 g/mol. The number of carbonyl (C=O) groups excluding carboxylic acids is 3. The number of allylic oxidation sites excluding steroid dienone is 1. The number of rotatable bonds is 8. The van der Waals surface area contributed by atoms with Gasteiger partial charge in [0, 0.05) is 23.5 Å². The molecule has 1 heterocycles. The molecule has 2 aromatic rings. The van der Waals surface area contributed by atoms with Crippen molar-refractivity contribution in [2.45, 2.75) is 52.7 Å². The Morgan fingerprint density at radius 1 is 1.12 bits per heavy atom. The van der Waals surface area contributed by atoms with Crippen LogP contribution >= 0.6 is 0 Å². The maximum absolute atomic E-state index is 13.0.